The fourth-order valence-corrected chi connectivity index (χ4v) is 5.59. The molecule has 0 aromatic heterocycles. The van der Waals surface area contributed by atoms with E-state index in [1.165, 1.54) is 43.3 Å². The first-order chi connectivity index (χ1) is 16.3. The molecule has 0 bridgehead atoms. The molecule has 0 aliphatic carbocycles. The molecule has 8 nitrogen and oxygen atoms in total. The number of nitrogens with one attached hydrogen (secondary N) is 2. The third-order valence-electron chi connectivity index (χ3n) is 5.36. The summed E-state index contributed by atoms with van der Waals surface area (Å²) in [6.45, 7) is 5.22. The van der Waals surface area contributed by atoms with Crippen LogP contribution in [0.25, 0.3) is 0 Å². The van der Waals surface area contributed by atoms with Gasteiger partial charge in [-0.1, -0.05) is 6.07 Å². The Balaban J connectivity index is 1.77. The molecule has 35 heavy (non-hydrogen) atoms. The molecule has 0 aliphatic heterocycles. The van der Waals surface area contributed by atoms with Gasteiger partial charge >= 0.3 is 0 Å². The van der Waals surface area contributed by atoms with E-state index in [2.05, 4.69) is 10.0 Å². The van der Waals surface area contributed by atoms with Gasteiger partial charge in [-0.25, -0.2) is 21.2 Å². The molecule has 2 N–H and O–H groups in total. The molecule has 0 saturated heterocycles. The van der Waals surface area contributed by atoms with Crippen molar-refractivity contribution in [3.8, 4) is 0 Å². The van der Waals surface area contributed by atoms with Crippen LogP contribution in [-0.4, -0.2) is 35.0 Å². The zero-order valence-corrected chi connectivity index (χ0v) is 21.2. The predicted molar refractivity (Wildman–Crippen MR) is 135 cm³/mol. The normalized spacial score (nSPS) is 12.6. The van der Waals surface area contributed by atoms with Crippen molar-refractivity contribution in [3.05, 3.63) is 83.7 Å². The van der Waals surface area contributed by atoms with Crippen LogP contribution in [0.3, 0.4) is 0 Å². The van der Waals surface area contributed by atoms with Gasteiger partial charge in [-0.05, 0) is 92.6 Å². The first-order valence-electron chi connectivity index (χ1n) is 10.5. The highest BCUT2D eigenvalue weighted by Crippen LogP contribution is 2.25. The Morgan fingerprint density at radius 2 is 1.43 bits per heavy atom. The van der Waals surface area contributed by atoms with Crippen molar-refractivity contribution in [2.24, 2.45) is 0 Å². The molecule has 11 heteroatoms. The van der Waals surface area contributed by atoms with Crippen LogP contribution in [0.15, 0.2) is 71.6 Å². The standard InChI is InChI=1S/C24H26FN3O5S2/c1-16-5-12-22(15-17(16)2)28(34(4,30)31)18(3)24(29)26-20-10-13-23(14-11-20)35(32,33)27-21-8-6-19(25)7-9-21/h5-15,18,27H,1-4H3,(H,26,29)/t18-/m0/s1. The van der Waals surface area contributed by atoms with E-state index in [-0.39, 0.29) is 16.3 Å². The van der Waals surface area contributed by atoms with E-state index >= 15 is 0 Å². The van der Waals surface area contributed by atoms with Crippen molar-refractivity contribution in [3.63, 3.8) is 0 Å². The molecule has 0 fully saturated rings. The summed E-state index contributed by atoms with van der Waals surface area (Å²) in [5.41, 5.74) is 2.73. The fourth-order valence-electron chi connectivity index (χ4n) is 3.37. The minimum Gasteiger partial charge on any atom is -0.324 e. The molecule has 0 radical (unpaired) electrons. The maximum absolute atomic E-state index is 13.0. The maximum Gasteiger partial charge on any atom is 0.261 e. The van der Waals surface area contributed by atoms with Crippen molar-refractivity contribution in [1.29, 1.82) is 0 Å². The lowest BCUT2D eigenvalue weighted by Crippen LogP contribution is -2.45. The van der Waals surface area contributed by atoms with Gasteiger partial charge in [0, 0.05) is 11.4 Å². The zero-order valence-electron chi connectivity index (χ0n) is 19.6. The molecule has 3 rings (SSSR count). The minimum absolute atomic E-state index is 0.0687. The molecule has 3 aromatic carbocycles. The Bertz CT molecular complexity index is 1440. The van der Waals surface area contributed by atoms with Crippen LogP contribution in [-0.2, 0) is 24.8 Å². The molecule has 0 aliphatic rings. The van der Waals surface area contributed by atoms with Gasteiger partial charge in [0.15, 0.2) is 0 Å². The maximum atomic E-state index is 13.0. The Labute approximate surface area is 204 Å². The average molecular weight is 520 g/mol. The first-order valence-corrected chi connectivity index (χ1v) is 13.9. The highest BCUT2D eigenvalue weighted by molar-refractivity contribution is 7.92. The van der Waals surface area contributed by atoms with E-state index < -0.39 is 37.8 Å². The number of aryl methyl sites for hydroxylation is 2. The third kappa shape index (κ3) is 6.37. The Kier molecular flexibility index (Phi) is 7.51. The molecular weight excluding hydrogens is 493 g/mol. The molecule has 186 valence electrons. The van der Waals surface area contributed by atoms with E-state index in [0.29, 0.717) is 5.69 Å². The molecule has 0 saturated carbocycles. The molecule has 0 heterocycles. The summed E-state index contributed by atoms with van der Waals surface area (Å²) in [6, 6.07) is 14.3. The zero-order chi connectivity index (χ0) is 26.0. The first kappa shape index (κ1) is 26.2. The summed E-state index contributed by atoms with van der Waals surface area (Å²) in [6.07, 6.45) is 1.03. The van der Waals surface area contributed by atoms with Crippen LogP contribution >= 0.6 is 0 Å². The molecular formula is C24H26FN3O5S2. The lowest BCUT2D eigenvalue weighted by molar-refractivity contribution is -0.116. The second kappa shape index (κ2) is 10.0. The second-order valence-corrected chi connectivity index (χ2v) is 11.7. The molecule has 0 spiro atoms. The number of benzene rings is 3. The average Bonchev–Trinajstić information content (AvgIpc) is 2.77. The lowest BCUT2D eigenvalue weighted by Gasteiger charge is -2.28. The SMILES string of the molecule is Cc1ccc(N([C@@H](C)C(=O)Nc2ccc(S(=O)(=O)Nc3ccc(F)cc3)cc2)S(C)(=O)=O)cc1C. The van der Waals surface area contributed by atoms with E-state index in [4.69, 9.17) is 0 Å². The van der Waals surface area contributed by atoms with Crippen molar-refractivity contribution >= 4 is 43.0 Å². The van der Waals surface area contributed by atoms with Crippen molar-refractivity contribution in [1.82, 2.24) is 0 Å². The number of nitrogens with zero attached hydrogens (tertiary/aromatic N) is 1. The number of hydrogen-bond donors (Lipinski definition) is 2. The number of rotatable bonds is 8. The van der Waals surface area contributed by atoms with Gasteiger partial charge in [0.05, 0.1) is 16.8 Å². The van der Waals surface area contributed by atoms with Gasteiger partial charge in [0.1, 0.15) is 11.9 Å². The Morgan fingerprint density at radius 3 is 1.97 bits per heavy atom. The summed E-state index contributed by atoms with van der Waals surface area (Å²) in [5, 5.41) is 2.62. The van der Waals surface area contributed by atoms with Gasteiger partial charge in [0.25, 0.3) is 10.0 Å². The lowest BCUT2D eigenvalue weighted by atomic mass is 10.1. The third-order valence-corrected chi connectivity index (χ3v) is 8.00. The van der Waals surface area contributed by atoms with Gasteiger partial charge in [0.2, 0.25) is 15.9 Å². The number of anilines is 3. The molecule has 1 atom stereocenters. The summed E-state index contributed by atoms with van der Waals surface area (Å²) >= 11 is 0. The topological polar surface area (TPSA) is 113 Å². The van der Waals surface area contributed by atoms with E-state index in [0.717, 1.165) is 33.8 Å². The quantitative estimate of drug-likeness (QED) is 0.467. The highest BCUT2D eigenvalue weighted by Gasteiger charge is 2.29. The number of carbonyl (C=O) groups is 1. The Hall–Kier alpha value is -3.44. The number of hydrogen-bond acceptors (Lipinski definition) is 5. The summed E-state index contributed by atoms with van der Waals surface area (Å²) in [5.74, 6) is -1.08. The molecule has 1 amide bonds. The van der Waals surface area contributed by atoms with E-state index in [9.17, 15) is 26.0 Å². The van der Waals surface area contributed by atoms with Gasteiger partial charge in [-0.2, -0.15) is 0 Å². The van der Waals surface area contributed by atoms with Crippen LogP contribution in [0.4, 0.5) is 21.5 Å². The fraction of sp³-hybridized carbons (Fsp3) is 0.208. The smallest absolute Gasteiger partial charge is 0.261 e. The minimum atomic E-state index is -3.94. The van der Waals surface area contributed by atoms with Crippen LogP contribution in [0.2, 0.25) is 0 Å². The monoisotopic (exact) mass is 519 g/mol. The van der Waals surface area contributed by atoms with E-state index in [1.807, 2.05) is 13.8 Å². The largest absolute Gasteiger partial charge is 0.324 e. The van der Waals surface area contributed by atoms with Crippen LogP contribution in [0.1, 0.15) is 18.1 Å². The van der Waals surface area contributed by atoms with Crippen molar-refractivity contribution in [2.45, 2.75) is 31.7 Å². The number of sulfonamides is 2. The van der Waals surface area contributed by atoms with E-state index in [1.54, 1.807) is 18.2 Å². The van der Waals surface area contributed by atoms with Gasteiger partial charge in [-0.3, -0.25) is 13.8 Å². The summed E-state index contributed by atoms with van der Waals surface area (Å²) in [7, 11) is -7.72. The highest BCUT2D eigenvalue weighted by atomic mass is 32.2. The summed E-state index contributed by atoms with van der Waals surface area (Å²) < 4.78 is 66.6. The second-order valence-electron chi connectivity index (χ2n) is 8.13. The molecule has 0 unspecified atom stereocenters. The number of carbonyl (C=O) groups excluding carboxylic acids is 1. The van der Waals surface area contributed by atoms with Gasteiger partial charge in [-0.15, -0.1) is 0 Å². The van der Waals surface area contributed by atoms with Crippen LogP contribution < -0.4 is 14.3 Å². The van der Waals surface area contributed by atoms with Crippen molar-refractivity contribution < 1.29 is 26.0 Å². The van der Waals surface area contributed by atoms with Gasteiger partial charge < -0.3 is 5.32 Å². The summed E-state index contributed by atoms with van der Waals surface area (Å²) in [4.78, 5) is 12.8. The number of amides is 1. The van der Waals surface area contributed by atoms with Crippen LogP contribution in [0, 0.1) is 19.7 Å². The van der Waals surface area contributed by atoms with Crippen molar-refractivity contribution in [2.75, 3.05) is 20.6 Å². The predicted octanol–water partition coefficient (Wildman–Crippen LogP) is 4.04. The number of halogens is 1. The Morgan fingerprint density at radius 1 is 0.857 bits per heavy atom. The van der Waals surface area contributed by atoms with Crippen LogP contribution in [0.5, 0.6) is 0 Å². The molecule has 3 aromatic rings.